The molecule has 1 aliphatic rings. The highest BCUT2D eigenvalue weighted by molar-refractivity contribution is 5.76. The zero-order valence-electron chi connectivity index (χ0n) is 12.9. The number of anilines is 1. The Morgan fingerprint density at radius 2 is 2.00 bits per heavy atom. The Morgan fingerprint density at radius 3 is 2.81 bits per heavy atom. The third-order valence-corrected chi connectivity index (χ3v) is 4.22. The summed E-state index contributed by atoms with van der Waals surface area (Å²) in [4.78, 5) is 2.53. The number of rotatable bonds is 4. The summed E-state index contributed by atoms with van der Waals surface area (Å²) >= 11 is 0. The SMILES string of the molecule is CCCN1CCCc2c(-c3cccc(OC)c3)cccc21. The monoisotopic (exact) mass is 281 g/mol. The van der Waals surface area contributed by atoms with Crippen LogP contribution < -0.4 is 9.64 Å². The first-order chi connectivity index (χ1) is 10.3. The number of methoxy groups -OCH3 is 1. The zero-order chi connectivity index (χ0) is 14.7. The number of benzene rings is 2. The summed E-state index contributed by atoms with van der Waals surface area (Å²) in [5.74, 6) is 0.923. The van der Waals surface area contributed by atoms with E-state index < -0.39 is 0 Å². The van der Waals surface area contributed by atoms with Crippen molar-refractivity contribution in [2.24, 2.45) is 0 Å². The van der Waals surface area contributed by atoms with E-state index in [-0.39, 0.29) is 0 Å². The molecule has 0 saturated heterocycles. The molecular weight excluding hydrogens is 258 g/mol. The maximum atomic E-state index is 5.37. The molecule has 0 spiro atoms. The van der Waals surface area contributed by atoms with Crippen LogP contribution in [0.15, 0.2) is 42.5 Å². The lowest BCUT2D eigenvalue weighted by atomic mass is 9.92. The Hall–Kier alpha value is -1.96. The van der Waals surface area contributed by atoms with Crippen LogP contribution in [0.2, 0.25) is 0 Å². The van der Waals surface area contributed by atoms with Gasteiger partial charge in [0.05, 0.1) is 7.11 Å². The fourth-order valence-electron chi connectivity index (χ4n) is 3.26. The van der Waals surface area contributed by atoms with Crippen molar-refractivity contribution in [3.05, 3.63) is 48.0 Å². The summed E-state index contributed by atoms with van der Waals surface area (Å²) in [6.07, 6.45) is 3.61. The van der Waals surface area contributed by atoms with E-state index in [0.29, 0.717) is 0 Å². The van der Waals surface area contributed by atoms with Gasteiger partial charge in [-0.3, -0.25) is 0 Å². The molecule has 21 heavy (non-hydrogen) atoms. The smallest absolute Gasteiger partial charge is 0.119 e. The maximum absolute atomic E-state index is 5.37. The van der Waals surface area contributed by atoms with Gasteiger partial charge >= 0.3 is 0 Å². The number of hydrogen-bond donors (Lipinski definition) is 0. The van der Waals surface area contributed by atoms with E-state index in [1.165, 1.54) is 48.2 Å². The summed E-state index contributed by atoms with van der Waals surface area (Å²) in [7, 11) is 1.72. The minimum absolute atomic E-state index is 0.923. The van der Waals surface area contributed by atoms with Crippen LogP contribution in [0.25, 0.3) is 11.1 Å². The third kappa shape index (κ3) is 2.76. The minimum atomic E-state index is 0.923. The van der Waals surface area contributed by atoms with Crippen molar-refractivity contribution in [3.8, 4) is 16.9 Å². The van der Waals surface area contributed by atoms with Gasteiger partial charge in [-0.15, -0.1) is 0 Å². The first-order valence-electron chi connectivity index (χ1n) is 7.84. The van der Waals surface area contributed by atoms with Gasteiger partial charge in [0.25, 0.3) is 0 Å². The van der Waals surface area contributed by atoms with Crippen molar-refractivity contribution >= 4 is 5.69 Å². The standard InChI is InChI=1S/C19H23NO/c1-3-12-20-13-6-10-18-17(9-5-11-19(18)20)15-7-4-8-16(14-15)21-2/h4-5,7-9,11,14H,3,6,10,12-13H2,1-2H3. The molecule has 0 aliphatic carbocycles. The van der Waals surface area contributed by atoms with Crippen LogP contribution in [0.1, 0.15) is 25.3 Å². The molecule has 0 aromatic heterocycles. The van der Waals surface area contributed by atoms with Gasteiger partial charge in [-0.25, -0.2) is 0 Å². The second kappa shape index (κ2) is 6.21. The lowest BCUT2D eigenvalue weighted by Crippen LogP contribution is -2.30. The van der Waals surface area contributed by atoms with Crippen molar-refractivity contribution in [3.63, 3.8) is 0 Å². The van der Waals surface area contributed by atoms with Gasteiger partial charge in [-0.05, 0) is 54.2 Å². The average Bonchev–Trinajstić information content (AvgIpc) is 2.55. The van der Waals surface area contributed by atoms with Gasteiger partial charge in [0.2, 0.25) is 0 Å². The average molecular weight is 281 g/mol. The summed E-state index contributed by atoms with van der Waals surface area (Å²) in [6.45, 7) is 4.58. The highest BCUT2D eigenvalue weighted by Gasteiger charge is 2.19. The molecule has 0 unspecified atom stereocenters. The molecule has 0 amide bonds. The zero-order valence-corrected chi connectivity index (χ0v) is 12.9. The molecule has 0 N–H and O–H groups in total. The highest BCUT2D eigenvalue weighted by atomic mass is 16.5. The largest absolute Gasteiger partial charge is 0.497 e. The molecule has 2 heteroatoms. The Morgan fingerprint density at radius 1 is 1.14 bits per heavy atom. The van der Waals surface area contributed by atoms with Crippen molar-refractivity contribution in [2.75, 3.05) is 25.1 Å². The fraction of sp³-hybridized carbons (Fsp3) is 0.368. The Bertz CT molecular complexity index is 621. The molecule has 110 valence electrons. The van der Waals surface area contributed by atoms with Crippen molar-refractivity contribution in [2.45, 2.75) is 26.2 Å². The first-order valence-corrected chi connectivity index (χ1v) is 7.84. The van der Waals surface area contributed by atoms with E-state index in [9.17, 15) is 0 Å². The van der Waals surface area contributed by atoms with Crippen LogP contribution in [0.5, 0.6) is 5.75 Å². The van der Waals surface area contributed by atoms with E-state index in [4.69, 9.17) is 4.74 Å². The second-order valence-electron chi connectivity index (χ2n) is 5.63. The first kappa shape index (κ1) is 14.0. The molecular formula is C19H23NO. The Kier molecular flexibility index (Phi) is 4.14. The molecule has 1 aliphatic heterocycles. The van der Waals surface area contributed by atoms with E-state index in [0.717, 1.165) is 12.3 Å². The van der Waals surface area contributed by atoms with E-state index in [1.807, 2.05) is 6.07 Å². The molecule has 0 atom stereocenters. The number of fused-ring (bicyclic) bond motifs is 1. The van der Waals surface area contributed by atoms with E-state index in [1.54, 1.807) is 7.11 Å². The van der Waals surface area contributed by atoms with Crippen molar-refractivity contribution < 1.29 is 4.74 Å². The van der Waals surface area contributed by atoms with Crippen LogP contribution in [-0.4, -0.2) is 20.2 Å². The van der Waals surface area contributed by atoms with Crippen LogP contribution in [-0.2, 0) is 6.42 Å². The summed E-state index contributed by atoms with van der Waals surface area (Å²) in [6, 6.07) is 15.1. The van der Waals surface area contributed by atoms with Crippen LogP contribution in [0.3, 0.4) is 0 Å². The number of hydrogen-bond acceptors (Lipinski definition) is 2. The van der Waals surface area contributed by atoms with Gasteiger partial charge in [0, 0.05) is 18.8 Å². The lowest BCUT2D eigenvalue weighted by molar-refractivity contribution is 0.415. The Labute approximate surface area is 127 Å². The predicted molar refractivity (Wildman–Crippen MR) is 89.3 cm³/mol. The Balaban J connectivity index is 2.05. The number of nitrogens with zero attached hydrogens (tertiary/aromatic N) is 1. The molecule has 2 nitrogen and oxygen atoms in total. The normalized spacial score (nSPS) is 13.9. The van der Waals surface area contributed by atoms with Gasteiger partial charge in [-0.2, -0.15) is 0 Å². The molecule has 0 fully saturated rings. The highest BCUT2D eigenvalue weighted by Crippen LogP contribution is 2.36. The molecule has 1 heterocycles. The third-order valence-electron chi connectivity index (χ3n) is 4.22. The summed E-state index contributed by atoms with van der Waals surface area (Å²) < 4.78 is 5.37. The van der Waals surface area contributed by atoms with Crippen LogP contribution in [0.4, 0.5) is 5.69 Å². The van der Waals surface area contributed by atoms with Gasteiger partial charge in [-0.1, -0.05) is 31.2 Å². The maximum Gasteiger partial charge on any atom is 0.119 e. The van der Waals surface area contributed by atoms with Gasteiger partial charge in [0.15, 0.2) is 0 Å². The summed E-state index contributed by atoms with van der Waals surface area (Å²) in [5, 5.41) is 0. The van der Waals surface area contributed by atoms with Gasteiger partial charge < -0.3 is 9.64 Å². The summed E-state index contributed by atoms with van der Waals surface area (Å²) in [5.41, 5.74) is 5.52. The minimum Gasteiger partial charge on any atom is -0.497 e. The molecule has 2 aromatic rings. The fourth-order valence-corrected chi connectivity index (χ4v) is 3.26. The van der Waals surface area contributed by atoms with Crippen molar-refractivity contribution in [1.29, 1.82) is 0 Å². The topological polar surface area (TPSA) is 12.5 Å². The molecule has 3 rings (SSSR count). The molecule has 0 radical (unpaired) electrons. The molecule has 0 bridgehead atoms. The number of ether oxygens (including phenoxy) is 1. The van der Waals surface area contributed by atoms with Gasteiger partial charge in [0.1, 0.15) is 5.75 Å². The molecule has 0 saturated carbocycles. The van der Waals surface area contributed by atoms with Crippen LogP contribution in [0, 0.1) is 0 Å². The second-order valence-corrected chi connectivity index (χ2v) is 5.63. The van der Waals surface area contributed by atoms with Crippen LogP contribution >= 0.6 is 0 Å². The lowest BCUT2D eigenvalue weighted by Gasteiger charge is -2.32. The molecule has 2 aromatic carbocycles. The van der Waals surface area contributed by atoms with E-state index >= 15 is 0 Å². The quantitative estimate of drug-likeness (QED) is 0.816. The predicted octanol–water partition coefficient (Wildman–Crippen LogP) is 4.52. The van der Waals surface area contributed by atoms with E-state index in [2.05, 4.69) is 48.2 Å². The van der Waals surface area contributed by atoms with Crippen molar-refractivity contribution in [1.82, 2.24) is 0 Å².